The second kappa shape index (κ2) is 7.54. The first-order valence-corrected chi connectivity index (χ1v) is 5.20. The predicted molar refractivity (Wildman–Crippen MR) is 58.7 cm³/mol. The van der Waals surface area contributed by atoms with Gasteiger partial charge in [0.25, 0.3) is 0 Å². The largest absolute Gasteiger partial charge is 0.591 e. The summed E-state index contributed by atoms with van der Waals surface area (Å²) < 4.78 is 4.75. The monoisotopic (exact) mass is 251 g/mol. The number of aliphatic hydroxyl groups is 1. The maximum atomic E-state index is 11.3. The van der Waals surface area contributed by atoms with Crippen LogP contribution in [0.15, 0.2) is 0 Å². The summed E-state index contributed by atoms with van der Waals surface area (Å²) in [4.78, 5) is 16.0. The van der Waals surface area contributed by atoms with E-state index in [0.717, 1.165) is 0 Å². The number of likely N-dealkylation sites (N-methyl/N-ethyl adjacent to an activating group) is 1. The van der Waals surface area contributed by atoms with Crippen molar-refractivity contribution in [2.75, 3.05) is 27.0 Å². The number of esters is 1. The standard InChI is InChI=1S/C9H21N3O5/c1-9(2,3)8(14)16-7-17-10-12(15)11(4)5-6-13/h10,12-13H,5-7H2,1-4H3. The second-order valence-corrected chi connectivity index (χ2v) is 4.50. The number of aliphatic hydroxyl groups excluding tert-OH is 1. The van der Waals surface area contributed by atoms with Crippen molar-refractivity contribution >= 4 is 5.97 Å². The summed E-state index contributed by atoms with van der Waals surface area (Å²) in [6.07, 6.45) is 0. The molecule has 0 aromatic heterocycles. The van der Waals surface area contributed by atoms with Crippen LogP contribution in [0.3, 0.4) is 0 Å². The Morgan fingerprint density at radius 1 is 1.53 bits per heavy atom. The van der Waals surface area contributed by atoms with Crippen molar-refractivity contribution in [1.29, 1.82) is 0 Å². The Morgan fingerprint density at radius 3 is 2.59 bits per heavy atom. The van der Waals surface area contributed by atoms with Gasteiger partial charge in [-0.2, -0.15) is 5.28 Å². The van der Waals surface area contributed by atoms with E-state index in [0.29, 0.717) is 0 Å². The highest BCUT2D eigenvalue weighted by molar-refractivity contribution is 5.75. The van der Waals surface area contributed by atoms with Crippen LogP contribution in [0.2, 0.25) is 0 Å². The molecule has 102 valence electrons. The van der Waals surface area contributed by atoms with Crippen LogP contribution in [-0.4, -0.2) is 43.1 Å². The number of carbonyl (C=O) groups is 1. The molecule has 0 heterocycles. The van der Waals surface area contributed by atoms with E-state index in [-0.39, 0.29) is 19.9 Å². The molecule has 0 fully saturated rings. The first kappa shape index (κ1) is 16.2. The maximum Gasteiger partial charge on any atom is 0.313 e. The van der Waals surface area contributed by atoms with Crippen molar-refractivity contribution in [2.45, 2.75) is 20.8 Å². The zero-order chi connectivity index (χ0) is 13.5. The van der Waals surface area contributed by atoms with Crippen molar-refractivity contribution in [3.8, 4) is 0 Å². The van der Waals surface area contributed by atoms with Gasteiger partial charge in [-0.15, -0.1) is 5.01 Å². The molecule has 1 unspecified atom stereocenters. The molecule has 0 bridgehead atoms. The molecule has 8 nitrogen and oxygen atoms in total. The molecular weight excluding hydrogens is 230 g/mol. The van der Waals surface area contributed by atoms with Crippen LogP contribution in [0.1, 0.15) is 20.8 Å². The molecule has 17 heavy (non-hydrogen) atoms. The van der Waals surface area contributed by atoms with Crippen LogP contribution in [0.5, 0.6) is 0 Å². The summed E-state index contributed by atoms with van der Waals surface area (Å²) in [6, 6.07) is 0. The number of carbonyl (C=O) groups excluding carboxylic acids is 1. The lowest BCUT2D eigenvalue weighted by atomic mass is 9.98. The number of ether oxygens (including phenoxy) is 1. The van der Waals surface area contributed by atoms with E-state index in [1.54, 1.807) is 20.8 Å². The topological polar surface area (TPSA) is 98.5 Å². The van der Waals surface area contributed by atoms with Crippen molar-refractivity contribution in [2.24, 2.45) is 5.41 Å². The molecule has 0 spiro atoms. The van der Waals surface area contributed by atoms with Gasteiger partial charge in [0.05, 0.1) is 18.6 Å². The predicted octanol–water partition coefficient (Wildman–Crippen LogP) is -1.81. The van der Waals surface area contributed by atoms with Gasteiger partial charge in [0, 0.05) is 7.05 Å². The zero-order valence-corrected chi connectivity index (χ0v) is 10.6. The molecule has 0 aliphatic heterocycles. The summed E-state index contributed by atoms with van der Waals surface area (Å²) >= 11 is 0. The summed E-state index contributed by atoms with van der Waals surface area (Å²) in [7, 11) is 1.50. The van der Waals surface area contributed by atoms with Gasteiger partial charge in [-0.3, -0.25) is 4.79 Å². The molecule has 3 N–H and O–H groups in total. The third-order valence-corrected chi connectivity index (χ3v) is 1.80. The average Bonchev–Trinajstić information content (AvgIpc) is 2.22. The Labute approximate surface area is 101 Å². The minimum Gasteiger partial charge on any atom is -0.591 e. The van der Waals surface area contributed by atoms with Gasteiger partial charge < -0.3 is 15.1 Å². The Hall–Kier alpha value is -0.770. The van der Waals surface area contributed by atoms with Gasteiger partial charge in [0.15, 0.2) is 0 Å². The van der Waals surface area contributed by atoms with E-state index < -0.39 is 16.7 Å². The SMILES string of the molecule is CN(CCO)[NH+]([O-])NOCOC(=O)C(C)(C)C. The Morgan fingerprint density at radius 2 is 2.12 bits per heavy atom. The molecule has 0 amide bonds. The first-order chi connectivity index (χ1) is 7.79. The van der Waals surface area contributed by atoms with E-state index in [2.05, 4.69) is 10.4 Å². The fourth-order valence-corrected chi connectivity index (χ4v) is 0.720. The van der Waals surface area contributed by atoms with E-state index in [4.69, 9.17) is 9.84 Å². The highest BCUT2D eigenvalue weighted by Gasteiger charge is 2.23. The molecule has 0 aliphatic carbocycles. The summed E-state index contributed by atoms with van der Waals surface area (Å²) in [6.45, 7) is 4.84. The molecule has 0 aliphatic rings. The van der Waals surface area contributed by atoms with E-state index >= 15 is 0 Å². The normalized spacial score (nSPS) is 13.8. The molecule has 1 atom stereocenters. The lowest BCUT2D eigenvalue weighted by Gasteiger charge is -2.28. The van der Waals surface area contributed by atoms with Crippen molar-refractivity contribution in [1.82, 2.24) is 10.6 Å². The van der Waals surface area contributed by atoms with Gasteiger partial charge in [0.1, 0.15) is 0 Å². The molecular formula is C9H21N3O5. The Kier molecular flexibility index (Phi) is 7.19. The third-order valence-electron chi connectivity index (χ3n) is 1.80. The molecule has 0 radical (unpaired) electrons. The van der Waals surface area contributed by atoms with E-state index in [1.165, 1.54) is 12.1 Å². The number of nitrogens with one attached hydrogen (secondary N) is 2. The number of hydrogen-bond acceptors (Lipinski definition) is 7. The number of hydrogen-bond donors (Lipinski definition) is 3. The first-order valence-electron chi connectivity index (χ1n) is 5.20. The Bertz CT molecular complexity index is 231. The molecule has 0 aromatic carbocycles. The minimum absolute atomic E-state index is 0.136. The smallest absolute Gasteiger partial charge is 0.313 e. The molecule has 0 saturated heterocycles. The highest BCUT2D eigenvalue weighted by atomic mass is 16.8. The van der Waals surface area contributed by atoms with Crippen molar-refractivity contribution < 1.29 is 24.8 Å². The molecule has 0 rings (SSSR count). The minimum atomic E-state index is -0.610. The number of nitrogens with zero attached hydrogens (tertiary/aromatic N) is 1. The van der Waals surface area contributed by atoms with Gasteiger partial charge >= 0.3 is 5.97 Å². The molecule has 0 saturated carbocycles. The van der Waals surface area contributed by atoms with Crippen molar-refractivity contribution in [3.63, 3.8) is 0 Å². The van der Waals surface area contributed by atoms with Crippen LogP contribution in [0.25, 0.3) is 0 Å². The fourth-order valence-electron chi connectivity index (χ4n) is 0.720. The number of quaternary nitrogens is 1. The van der Waals surface area contributed by atoms with Crippen LogP contribution >= 0.6 is 0 Å². The van der Waals surface area contributed by atoms with Crippen molar-refractivity contribution in [3.05, 3.63) is 5.21 Å². The average molecular weight is 251 g/mol. The van der Waals surface area contributed by atoms with Gasteiger partial charge in [-0.05, 0) is 26.4 Å². The summed E-state index contributed by atoms with van der Waals surface area (Å²) in [5, 5.41) is 20.5. The molecule has 0 aromatic rings. The maximum absolute atomic E-state index is 11.3. The van der Waals surface area contributed by atoms with E-state index in [9.17, 15) is 10.0 Å². The lowest BCUT2D eigenvalue weighted by Crippen LogP contribution is -3.19. The van der Waals surface area contributed by atoms with Gasteiger partial charge in [0.2, 0.25) is 6.79 Å². The highest BCUT2D eigenvalue weighted by Crippen LogP contribution is 2.14. The zero-order valence-electron chi connectivity index (χ0n) is 10.6. The molecule has 8 heteroatoms. The van der Waals surface area contributed by atoms with Crippen LogP contribution in [0.4, 0.5) is 0 Å². The van der Waals surface area contributed by atoms with Crippen LogP contribution < -0.4 is 10.9 Å². The van der Waals surface area contributed by atoms with E-state index in [1.807, 2.05) is 0 Å². The van der Waals surface area contributed by atoms with Crippen LogP contribution in [-0.2, 0) is 14.4 Å². The van der Waals surface area contributed by atoms with Crippen LogP contribution in [0, 0.1) is 10.6 Å². The Balaban J connectivity index is 3.68. The second-order valence-electron chi connectivity index (χ2n) is 4.50. The van der Waals surface area contributed by atoms with Gasteiger partial charge in [-0.25, -0.2) is 4.84 Å². The third kappa shape index (κ3) is 7.21. The van der Waals surface area contributed by atoms with Gasteiger partial charge in [-0.1, -0.05) is 0 Å². The number of rotatable bonds is 7. The lowest BCUT2D eigenvalue weighted by molar-refractivity contribution is -1.03. The fraction of sp³-hybridized carbons (Fsp3) is 0.889. The summed E-state index contributed by atoms with van der Waals surface area (Å²) in [5.41, 5.74) is 1.46. The quantitative estimate of drug-likeness (QED) is 0.212. The summed E-state index contributed by atoms with van der Waals surface area (Å²) in [5.74, 6) is -0.421.